The molecule has 1 aromatic rings. The number of carbonyl (C=O) groups excluding carboxylic acids is 2. The van der Waals surface area contributed by atoms with Crippen LogP contribution in [0.3, 0.4) is 0 Å². The first-order valence-electron chi connectivity index (χ1n) is 5.45. The lowest BCUT2D eigenvalue weighted by molar-refractivity contribution is -0.112. The van der Waals surface area contributed by atoms with Crippen molar-refractivity contribution < 1.29 is 18.0 Å². The fourth-order valence-electron chi connectivity index (χ4n) is 2.00. The Morgan fingerprint density at radius 1 is 1.28 bits per heavy atom. The monoisotopic (exact) mass is 330 g/mol. The third kappa shape index (κ3) is 2.40. The molecule has 0 saturated heterocycles. The molecule has 1 aliphatic rings. The molecule has 0 atom stereocenters. The molecule has 2 rings (SSSR count). The van der Waals surface area contributed by atoms with E-state index >= 15 is 0 Å². The fraction of sp³-hybridized carbons (Fsp3) is 0.333. The molecule has 96 valence electrons. The summed E-state index contributed by atoms with van der Waals surface area (Å²) >= 11 is 2.94. The minimum absolute atomic E-state index is 0.0266. The predicted octanol–water partition coefficient (Wildman–Crippen LogP) is 1.55. The summed E-state index contributed by atoms with van der Waals surface area (Å²) < 4.78 is 23.6. The molecule has 0 amide bonds. The van der Waals surface area contributed by atoms with Gasteiger partial charge in [0.1, 0.15) is 0 Å². The van der Waals surface area contributed by atoms with Crippen LogP contribution in [0.25, 0.3) is 0 Å². The molecule has 4 nitrogen and oxygen atoms in total. The van der Waals surface area contributed by atoms with Crippen LogP contribution >= 0.6 is 15.9 Å². The van der Waals surface area contributed by atoms with Crippen molar-refractivity contribution in [2.75, 3.05) is 11.1 Å². The summed E-state index contributed by atoms with van der Waals surface area (Å²) in [5.41, 5.74) is 0.893. The van der Waals surface area contributed by atoms with Crippen molar-refractivity contribution in [1.29, 1.82) is 0 Å². The quantitative estimate of drug-likeness (QED) is 0.479. The van der Waals surface area contributed by atoms with E-state index < -0.39 is 21.4 Å². The predicted molar refractivity (Wildman–Crippen MR) is 69.9 cm³/mol. The molecule has 6 heteroatoms. The Morgan fingerprint density at radius 3 is 2.67 bits per heavy atom. The van der Waals surface area contributed by atoms with Gasteiger partial charge in [0.2, 0.25) is 11.6 Å². The smallest absolute Gasteiger partial charge is 0.229 e. The van der Waals surface area contributed by atoms with Gasteiger partial charge < -0.3 is 0 Å². The molecule has 0 spiro atoms. The van der Waals surface area contributed by atoms with Gasteiger partial charge in [-0.25, -0.2) is 8.42 Å². The molecule has 1 aliphatic heterocycles. The Hall–Kier alpha value is -1.01. The van der Waals surface area contributed by atoms with E-state index in [9.17, 15) is 18.0 Å². The standard InChI is InChI=1S/C12H11BrO4S/c13-7-10(14)12(15)9-3-4-11-8(6-9)2-1-5-18(11,16)17/h3-4,6H,1-2,5,7H2. The summed E-state index contributed by atoms with van der Waals surface area (Å²) in [6.45, 7) is 0. The molecule has 0 saturated carbocycles. The summed E-state index contributed by atoms with van der Waals surface area (Å²) in [5.74, 6) is -0.973. The van der Waals surface area contributed by atoms with Crippen molar-refractivity contribution in [3.8, 4) is 0 Å². The summed E-state index contributed by atoms with van der Waals surface area (Å²) in [5, 5.41) is -0.0266. The van der Waals surface area contributed by atoms with Crippen LogP contribution in [-0.2, 0) is 21.1 Å². The zero-order chi connectivity index (χ0) is 13.3. The van der Waals surface area contributed by atoms with E-state index in [0.29, 0.717) is 18.4 Å². The lowest BCUT2D eigenvalue weighted by atomic mass is 10.0. The van der Waals surface area contributed by atoms with Crippen LogP contribution in [0.5, 0.6) is 0 Å². The van der Waals surface area contributed by atoms with Crippen molar-refractivity contribution in [2.45, 2.75) is 17.7 Å². The van der Waals surface area contributed by atoms with Gasteiger partial charge in [0, 0.05) is 5.56 Å². The lowest BCUT2D eigenvalue weighted by Gasteiger charge is -2.16. The number of hydrogen-bond donors (Lipinski definition) is 0. The maximum Gasteiger partial charge on any atom is 0.229 e. The van der Waals surface area contributed by atoms with E-state index in [-0.39, 0.29) is 21.5 Å². The second kappa shape index (κ2) is 4.93. The third-order valence-corrected chi connectivity index (χ3v) is 5.30. The number of sulfone groups is 1. The molecular weight excluding hydrogens is 320 g/mol. The summed E-state index contributed by atoms with van der Waals surface area (Å²) in [6, 6.07) is 4.36. The molecule has 18 heavy (non-hydrogen) atoms. The van der Waals surface area contributed by atoms with Gasteiger partial charge in [-0.2, -0.15) is 0 Å². The number of aryl methyl sites for hydroxylation is 1. The van der Waals surface area contributed by atoms with Crippen LogP contribution in [0, 0.1) is 0 Å². The van der Waals surface area contributed by atoms with Crippen molar-refractivity contribution in [3.63, 3.8) is 0 Å². The summed E-state index contributed by atoms with van der Waals surface area (Å²) in [4.78, 5) is 23.3. The van der Waals surface area contributed by atoms with E-state index in [0.717, 1.165) is 0 Å². The first-order valence-corrected chi connectivity index (χ1v) is 8.22. The van der Waals surface area contributed by atoms with Gasteiger partial charge in [-0.3, -0.25) is 9.59 Å². The maximum atomic E-state index is 11.8. The molecule has 1 aromatic carbocycles. The molecule has 0 bridgehead atoms. The summed E-state index contributed by atoms with van der Waals surface area (Å²) in [7, 11) is -3.22. The zero-order valence-corrected chi connectivity index (χ0v) is 11.9. The number of halogens is 1. The number of fused-ring (bicyclic) bond motifs is 1. The lowest BCUT2D eigenvalue weighted by Crippen LogP contribution is -2.19. The van der Waals surface area contributed by atoms with E-state index in [1.54, 1.807) is 0 Å². The number of benzene rings is 1. The highest BCUT2D eigenvalue weighted by atomic mass is 79.9. The minimum atomic E-state index is -3.22. The topological polar surface area (TPSA) is 68.3 Å². The van der Waals surface area contributed by atoms with Gasteiger partial charge in [-0.1, -0.05) is 15.9 Å². The molecule has 0 fully saturated rings. The Bertz CT molecular complexity index is 619. The SMILES string of the molecule is O=C(CBr)C(=O)c1ccc2c(c1)CCCS2(=O)=O. The number of alkyl halides is 1. The normalized spacial score (nSPS) is 16.9. The highest BCUT2D eigenvalue weighted by Crippen LogP contribution is 2.26. The van der Waals surface area contributed by atoms with Crippen LogP contribution in [0.15, 0.2) is 23.1 Å². The molecule has 0 N–H and O–H groups in total. The molecule has 0 aromatic heterocycles. The second-order valence-electron chi connectivity index (χ2n) is 4.13. The Balaban J connectivity index is 2.46. The van der Waals surface area contributed by atoms with Crippen LogP contribution in [0.2, 0.25) is 0 Å². The highest BCUT2D eigenvalue weighted by molar-refractivity contribution is 9.09. The van der Waals surface area contributed by atoms with Gasteiger partial charge in [0.15, 0.2) is 9.84 Å². The minimum Gasteiger partial charge on any atom is -0.290 e. The average Bonchev–Trinajstić information content (AvgIpc) is 2.36. The molecular formula is C12H11BrO4S. The fourth-order valence-corrected chi connectivity index (χ4v) is 3.84. The van der Waals surface area contributed by atoms with Crippen LogP contribution in [-0.4, -0.2) is 31.1 Å². The van der Waals surface area contributed by atoms with Crippen LogP contribution in [0.4, 0.5) is 0 Å². The van der Waals surface area contributed by atoms with Gasteiger partial charge in [0.05, 0.1) is 16.0 Å². The summed E-state index contributed by atoms with van der Waals surface area (Å²) in [6.07, 6.45) is 1.18. The average molecular weight is 331 g/mol. The Labute approximate surface area is 113 Å². The van der Waals surface area contributed by atoms with Gasteiger partial charge in [-0.15, -0.1) is 0 Å². The third-order valence-electron chi connectivity index (χ3n) is 2.89. The van der Waals surface area contributed by atoms with E-state index in [2.05, 4.69) is 15.9 Å². The molecule has 1 heterocycles. The molecule has 0 radical (unpaired) electrons. The van der Waals surface area contributed by atoms with Crippen LogP contribution < -0.4 is 0 Å². The number of Topliss-reactive ketones (excluding diaryl/α,β-unsaturated/α-hetero) is 2. The Morgan fingerprint density at radius 2 is 2.00 bits per heavy atom. The van der Waals surface area contributed by atoms with Crippen LogP contribution in [0.1, 0.15) is 22.3 Å². The molecule has 0 unspecified atom stereocenters. The van der Waals surface area contributed by atoms with Gasteiger partial charge in [0.25, 0.3) is 0 Å². The van der Waals surface area contributed by atoms with Gasteiger partial charge >= 0.3 is 0 Å². The molecule has 0 aliphatic carbocycles. The number of rotatable bonds is 3. The van der Waals surface area contributed by atoms with E-state index in [1.807, 2.05) is 0 Å². The highest BCUT2D eigenvalue weighted by Gasteiger charge is 2.25. The van der Waals surface area contributed by atoms with E-state index in [1.165, 1.54) is 18.2 Å². The van der Waals surface area contributed by atoms with Gasteiger partial charge in [-0.05, 0) is 36.6 Å². The van der Waals surface area contributed by atoms with Crippen molar-refractivity contribution >= 4 is 37.3 Å². The van der Waals surface area contributed by atoms with Crippen molar-refractivity contribution in [1.82, 2.24) is 0 Å². The number of ketones is 2. The zero-order valence-electron chi connectivity index (χ0n) is 9.48. The number of carbonyl (C=O) groups is 2. The second-order valence-corrected chi connectivity index (χ2v) is 6.77. The first-order chi connectivity index (χ1) is 8.45. The van der Waals surface area contributed by atoms with Crippen molar-refractivity contribution in [2.24, 2.45) is 0 Å². The largest absolute Gasteiger partial charge is 0.290 e. The maximum absolute atomic E-state index is 11.8. The Kier molecular flexibility index (Phi) is 3.68. The van der Waals surface area contributed by atoms with Crippen molar-refractivity contribution in [3.05, 3.63) is 29.3 Å². The first kappa shape index (κ1) is 13.4. The van der Waals surface area contributed by atoms with E-state index in [4.69, 9.17) is 0 Å². The number of hydrogen-bond acceptors (Lipinski definition) is 4.